The minimum atomic E-state index is -1.24. The first-order chi connectivity index (χ1) is 12.4. The summed E-state index contributed by atoms with van der Waals surface area (Å²) in [5, 5.41) is 0. The summed E-state index contributed by atoms with van der Waals surface area (Å²) < 4.78 is 25.6. The highest BCUT2D eigenvalue weighted by Crippen LogP contribution is 2.13. The predicted octanol–water partition coefficient (Wildman–Crippen LogP) is 3.88. The smallest absolute Gasteiger partial charge is 0.410 e. The molecule has 1 amide bonds. The fraction of sp³-hybridized carbons (Fsp3) is 0.842. The normalized spacial score (nSPS) is 13.4. The lowest BCUT2D eigenvalue weighted by Gasteiger charge is -2.27. The lowest BCUT2D eigenvalue weighted by atomic mass is 10.2. The number of hydrogen-bond acceptors (Lipinski definition) is 5. The van der Waals surface area contributed by atoms with Crippen LogP contribution in [0.5, 0.6) is 0 Å². The van der Waals surface area contributed by atoms with E-state index in [1.165, 1.54) is 7.11 Å². The van der Waals surface area contributed by atoms with Gasteiger partial charge in [-0.1, -0.05) is 0 Å². The van der Waals surface area contributed by atoms with E-state index in [0.29, 0.717) is 25.9 Å². The van der Waals surface area contributed by atoms with Crippen LogP contribution < -0.4 is 0 Å². The SMILES string of the molecule is COC(=O)CCCN(CCCC/C=N/S(=O)C(C)(C)C)C(=O)OC(C)(C)C. The Morgan fingerprint density at radius 1 is 1.04 bits per heavy atom. The summed E-state index contributed by atoms with van der Waals surface area (Å²) in [6.45, 7) is 12.1. The maximum absolute atomic E-state index is 12.3. The summed E-state index contributed by atoms with van der Waals surface area (Å²) in [6, 6.07) is 0. The average Bonchev–Trinajstić information content (AvgIpc) is 2.53. The van der Waals surface area contributed by atoms with Crippen molar-refractivity contribution in [3.05, 3.63) is 0 Å². The Morgan fingerprint density at radius 2 is 1.63 bits per heavy atom. The van der Waals surface area contributed by atoms with Crippen molar-refractivity contribution in [2.45, 2.75) is 84.0 Å². The lowest BCUT2D eigenvalue weighted by Crippen LogP contribution is -2.38. The Morgan fingerprint density at radius 3 is 2.15 bits per heavy atom. The highest BCUT2D eigenvalue weighted by atomic mass is 32.2. The van der Waals surface area contributed by atoms with E-state index in [9.17, 15) is 13.8 Å². The summed E-state index contributed by atoms with van der Waals surface area (Å²) in [5.74, 6) is -0.290. The maximum atomic E-state index is 12.3. The van der Waals surface area contributed by atoms with Crippen LogP contribution in [-0.2, 0) is 25.3 Å². The van der Waals surface area contributed by atoms with Gasteiger partial charge in [0.1, 0.15) is 16.6 Å². The molecular formula is C19H36N2O5S. The highest BCUT2D eigenvalue weighted by molar-refractivity contribution is 7.85. The monoisotopic (exact) mass is 404 g/mol. The third kappa shape index (κ3) is 13.4. The van der Waals surface area contributed by atoms with Gasteiger partial charge in [0.25, 0.3) is 0 Å². The van der Waals surface area contributed by atoms with Crippen LogP contribution in [0.1, 0.15) is 73.6 Å². The maximum Gasteiger partial charge on any atom is 0.410 e. The molecule has 0 aliphatic carbocycles. The molecule has 0 aliphatic rings. The highest BCUT2D eigenvalue weighted by Gasteiger charge is 2.22. The van der Waals surface area contributed by atoms with E-state index in [-0.39, 0.29) is 23.2 Å². The van der Waals surface area contributed by atoms with Gasteiger partial charge < -0.3 is 14.4 Å². The minimum absolute atomic E-state index is 0.265. The summed E-state index contributed by atoms with van der Waals surface area (Å²) in [4.78, 5) is 25.2. The molecule has 0 aromatic rings. The molecule has 0 aromatic heterocycles. The van der Waals surface area contributed by atoms with Crippen molar-refractivity contribution in [3.63, 3.8) is 0 Å². The van der Waals surface area contributed by atoms with Gasteiger partial charge >= 0.3 is 12.1 Å². The van der Waals surface area contributed by atoms with E-state index in [0.717, 1.165) is 12.8 Å². The van der Waals surface area contributed by atoms with Crippen molar-refractivity contribution in [2.75, 3.05) is 20.2 Å². The summed E-state index contributed by atoms with van der Waals surface area (Å²) in [5.41, 5.74) is -0.568. The molecule has 0 saturated heterocycles. The third-order valence-electron chi connectivity index (χ3n) is 3.39. The first-order valence-corrected chi connectivity index (χ1v) is 10.5. The number of amides is 1. The largest absolute Gasteiger partial charge is 0.469 e. The number of hydrogen-bond donors (Lipinski definition) is 0. The van der Waals surface area contributed by atoms with Crippen LogP contribution in [-0.4, -0.2) is 57.9 Å². The van der Waals surface area contributed by atoms with Gasteiger partial charge in [0.15, 0.2) is 0 Å². The molecule has 0 rings (SSSR count). The zero-order chi connectivity index (χ0) is 21.1. The number of nitrogens with zero attached hydrogens (tertiary/aromatic N) is 2. The second-order valence-electron chi connectivity index (χ2n) is 8.29. The first kappa shape index (κ1) is 25.6. The van der Waals surface area contributed by atoms with E-state index >= 15 is 0 Å². The van der Waals surface area contributed by atoms with Crippen molar-refractivity contribution in [1.29, 1.82) is 0 Å². The molecule has 0 fully saturated rings. The molecule has 0 N–H and O–H groups in total. The fourth-order valence-electron chi connectivity index (χ4n) is 1.95. The number of methoxy groups -OCH3 is 1. The van der Waals surface area contributed by atoms with Crippen molar-refractivity contribution in [3.8, 4) is 0 Å². The number of unbranched alkanes of at least 4 members (excludes halogenated alkanes) is 2. The standard InChI is InChI=1S/C19H36N2O5S/c1-18(2,3)26-17(23)21(15-11-12-16(22)25-7)14-10-8-9-13-20-27(24)19(4,5)6/h13H,8-12,14-15H2,1-7H3/b20-13+. The summed E-state index contributed by atoms with van der Waals surface area (Å²) in [6.07, 6.45) is 4.39. The number of carbonyl (C=O) groups is 2. The van der Waals surface area contributed by atoms with Crippen molar-refractivity contribution < 1.29 is 23.3 Å². The van der Waals surface area contributed by atoms with Gasteiger partial charge in [-0.2, -0.15) is 4.40 Å². The number of rotatable bonds is 10. The average molecular weight is 405 g/mol. The Hall–Kier alpha value is -1.44. The molecule has 8 heteroatoms. The van der Waals surface area contributed by atoms with Crippen LogP contribution in [0.25, 0.3) is 0 Å². The van der Waals surface area contributed by atoms with Crippen LogP contribution in [0.15, 0.2) is 4.40 Å². The zero-order valence-corrected chi connectivity index (χ0v) is 18.7. The molecule has 27 heavy (non-hydrogen) atoms. The minimum Gasteiger partial charge on any atom is -0.469 e. The Balaban J connectivity index is 4.45. The molecule has 1 unspecified atom stereocenters. The van der Waals surface area contributed by atoms with Gasteiger partial charge in [0.05, 0.1) is 11.9 Å². The van der Waals surface area contributed by atoms with Gasteiger partial charge in [-0.15, -0.1) is 0 Å². The van der Waals surface area contributed by atoms with E-state index < -0.39 is 16.6 Å². The van der Waals surface area contributed by atoms with Crippen LogP contribution in [0, 0.1) is 0 Å². The predicted molar refractivity (Wildman–Crippen MR) is 109 cm³/mol. The molecule has 1 atom stereocenters. The number of esters is 1. The molecule has 7 nitrogen and oxygen atoms in total. The molecule has 0 aliphatic heterocycles. The van der Waals surface area contributed by atoms with E-state index in [2.05, 4.69) is 9.13 Å². The topological polar surface area (TPSA) is 85.3 Å². The van der Waals surface area contributed by atoms with Gasteiger partial charge in [-0.25, -0.2) is 9.00 Å². The lowest BCUT2D eigenvalue weighted by molar-refractivity contribution is -0.140. The number of carbonyl (C=O) groups excluding carboxylic acids is 2. The molecule has 0 saturated carbocycles. The second kappa shape index (κ2) is 12.1. The van der Waals surface area contributed by atoms with Gasteiger partial charge in [0.2, 0.25) is 0 Å². The Labute approximate surface area is 166 Å². The zero-order valence-electron chi connectivity index (χ0n) is 17.9. The fourth-order valence-corrected chi connectivity index (χ4v) is 2.51. The molecular weight excluding hydrogens is 368 g/mol. The van der Waals surface area contributed by atoms with E-state index in [4.69, 9.17) is 4.74 Å². The van der Waals surface area contributed by atoms with Gasteiger partial charge in [-0.05, 0) is 67.2 Å². The Kier molecular flexibility index (Phi) is 11.5. The van der Waals surface area contributed by atoms with Crippen LogP contribution >= 0.6 is 0 Å². The Bertz CT molecular complexity index is 521. The van der Waals surface area contributed by atoms with Crippen LogP contribution in [0.2, 0.25) is 0 Å². The molecule has 158 valence electrons. The molecule has 0 spiro atoms. The second-order valence-corrected chi connectivity index (χ2v) is 10.2. The van der Waals surface area contributed by atoms with Crippen molar-refractivity contribution in [1.82, 2.24) is 4.90 Å². The number of ether oxygens (including phenoxy) is 2. The van der Waals surface area contributed by atoms with Crippen molar-refractivity contribution in [2.24, 2.45) is 4.40 Å². The molecule has 0 aromatic carbocycles. The first-order valence-electron chi connectivity index (χ1n) is 9.36. The van der Waals surface area contributed by atoms with Crippen LogP contribution in [0.3, 0.4) is 0 Å². The van der Waals surface area contributed by atoms with E-state index in [1.54, 1.807) is 11.1 Å². The molecule has 0 radical (unpaired) electrons. The summed E-state index contributed by atoms with van der Waals surface area (Å²) in [7, 11) is 0.110. The third-order valence-corrected chi connectivity index (χ3v) is 4.78. The summed E-state index contributed by atoms with van der Waals surface area (Å²) >= 11 is 0. The molecule has 0 bridgehead atoms. The quantitative estimate of drug-likeness (QED) is 0.313. The van der Waals surface area contributed by atoms with Gasteiger partial charge in [0, 0.05) is 25.7 Å². The van der Waals surface area contributed by atoms with Gasteiger partial charge in [-0.3, -0.25) is 4.79 Å². The molecule has 0 heterocycles. The van der Waals surface area contributed by atoms with Crippen LogP contribution in [0.4, 0.5) is 4.79 Å². The van der Waals surface area contributed by atoms with Crippen molar-refractivity contribution >= 4 is 29.3 Å². The van der Waals surface area contributed by atoms with E-state index in [1.807, 2.05) is 41.5 Å².